The van der Waals surface area contributed by atoms with Crippen molar-refractivity contribution in [3.8, 4) is 5.88 Å². The summed E-state index contributed by atoms with van der Waals surface area (Å²) in [6.07, 6.45) is 2.10. The summed E-state index contributed by atoms with van der Waals surface area (Å²) >= 11 is 1.81. The molecule has 1 aromatic heterocycles. The predicted molar refractivity (Wildman–Crippen MR) is 69.4 cm³/mol. The highest BCUT2D eigenvalue weighted by Gasteiger charge is 2.16. The van der Waals surface area contributed by atoms with E-state index in [-0.39, 0.29) is 4.75 Å². The fourth-order valence-electron chi connectivity index (χ4n) is 1.09. The minimum absolute atomic E-state index is 0.167. The van der Waals surface area contributed by atoms with Crippen LogP contribution < -0.4 is 10.1 Å². The van der Waals surface area contributed by atoms with E-state index in [1.165, 1.54) is 0 Å². The molecule has 90 valence electrons. The van der Waals surface area contributed by atoms with Crippen LogP contribution in [-0.4, -0.2) is 34.6 Å². The molecule has 4 nitrogen and oxygen atoms in total. The molecule has 0 unspecified atom stereocenters. The van der Waals surface area contributed by atoms with Crippen molar-refractivity contribution in [2.75, 3.05) is 25.2 Å². The highest BCUT2D eigenvalue weighted by atomic mass is 32.2. The van der Waals surface area contributed by atoms with Gasteiger partial charge in [-0.3, -0.25) is 0 Å². The van der Waals surface area contributed by atoms with Crippen molar-refractivity contribution in [2.45, 2.75) is 25.5 Å². The molecule has 0 atom stereocenters. The smallest absolute Gasteiger partial charge is 0.226 e. The topological polar surface area (TPSA) is 47.0 Å². The van der Waals surface area contributed by atoms with Crippen LogP contribution in [0.5, 0.6) is 5.88 Å². The van der Waals surface area contributed by atoms with Gasteiger partial charge in [-0.1, -0.05) is 0 Å². The SMILES string of the molecule is COc1cc(C)nc(NCC(C)(C)SC)n1. The maximum absolute atomic E-state index is 5.10. The number of ether oxygens (including phenoxy) is 1. The molecule has 0 bridgehead atoms. The number of aromatic nitrogens is 2. The molecule has 0 spiro atoms. The number of nitrogens with zero attached hydrogens (tertiary/aromatic N) is 2. The lowest BCUT2D eigenvalue weighted by Gasteiger charge is -2.22. The zero-order valence-corrected chi connectivity index (χ0v) is 11.3. The van der Waals surface area contributed by atoms with E-state index in [0.29, 0.717) is 11.8 Å². The van der Waals surface area contributed by atoms with E-state index >= 15 is 0 Å². The molecule has 1 rings (SSSR count). The van der Waals surface area contributed by atoms with Gasteiger partial charge in [-0.25, -0.2) is 4.98 Å². The highest BCUT2D eigenvalue weighted by molar-refractivity contribution is 7.99. The molecule has 0 saturated carbocycles. The normalized spacial score (nSPS) is 11.3. The Labute approximate surface area is 101 Å². The second-order valence-electron chi connectivity index (χ2n) is 4.19. The molecule has 5 heteroatoms. The number of aryl methyl sites for hydroxylation is 1. The Hall–Kier alpha value is -0.970. The largest absolute Gasteiger partial charge is 0.481 e. The summed E-state index contributed by atoms with van der Waals surface area (Å²) < 4.78 is 5.26. The first-order valence-electron chi connectivity index (χ1n) is 5.15. The van der Waals surface area contributed by atoms with Crippen molar-refractivity contribution in [3.63, 3.8) is 0 Å². The average molecular weight is 241 g/mol. The first-order chi connectivity index (χ1) is 7.46. The van der Waals surface area contributed by atoms with Crippen LogP contribution in [0.4, 0.5) is 5.95 Å². The lowest BCUT2D eigenvalue weighted by molar-refractivity contribution is 0.397. The fraction of sp³-hybridized carbons (Fsp3) is 0.636. The second kappa shape index (κ2) is 5.39. The Kier molecular flexibility index (Phi) is 4.41. The molecule has 0 aliphatic heterocycles. The Bertz CT molecular complexity index is 355. The van der Waals surface area contributed by atoms with Gasteiger partial charge >= 0.3 is 0 Å². The molecule has 1 aromatic rings. The van der Waals surface area contributed by atoms with E-state index in [9.17, 15) is 0 Å². The van der Waals surface area contributed by atoms with Gasteiger partial charge in [0.1, 0.15) is 0 Å². The lowest BCUT2D eigenvalue weighted by Crippen LogP contribution is -2.26. The molecular weight excluding hydrogens is 222 g/mol. The Morgan fingerprint density at radius 3 is 2.69 bits per heavy atom. The maximum Gasteiger partial charge on any atom is 0.226 e. The van der Waals surface area contributed by atoms with Crippen molar-refractivity contribution in [2.24, 2.45) is 0 Å². The van der Waals surface area contributed by atoms with E-state index in [0.717, 1.165) is 12.2 Å². The third kappa shape index (κ3) is 3.89. The average Bonchev–Trinajstić information content (AvgIpc) is 2.26. The van der Waals surface area contributed by atoms with Gasteiger partial charge in [0.15, 0.2) is 0 Å². The van der Waals surface area contributed by atoms with Crippen molar-refractivity contribution < 1.29 is 4.74 Å². The number of hydrogen-bond donors (Lipinski definition) is 1. The summed E-state index contributed by atoms with van der Waals surface area (Å²) in [7, 11) is 1.61. The van der Waals surface area contributed by atoms with E-state index < -0.39 is 0 Å². The standard InChI is InChI=1S/C11H19N3OS/c1-8-6-9(15-4)14-10(13-8)12-7-11(2,3)16-5/h6H,7H2,1-5H3,(H,12,13,14). The number of nitrogens with one attached hydrogen (secondary N) is 1. The summed E-state index contributed by atoms with van der Waals surface area (Å²) in [5.41, 5.74) is 0.899. The second-order valence-corrected chi connectivity index (χ2v) is 5.71. The maximum atomic E-state index is 5.10. The van der Waals surface area contributed by atoms with Crippen LogP contribution >= 0.6 is 11.8 Å². The molecule has 1 N–H and O–H groups in total. The van der Waals surface area contributed by atoms with Crippen LogP contribution in [0.25, 0.3) is 0 Å². The van der Waals surface area contributed by atoms with E-state index in [4.69, 9.17) is 4.74 Å². The minimum Gasteiger partial charge on any atom is -0.481 e. The number of hydrogen-bond acceptors (Lipinski definition) is 5. The molecule has 0 aliphatic carbocycles. The lowest BCUT2D eigenvalue weighted by atomic mass is 10.2. The van der Waals surface area contributed by atoms with Crippen molar-refractivity contribution >= 4 is 17.7 Å². The van der Waals surface area contributed by atoms with Gasteiger partial charge in [-0.15, -0.1) is 0 Å². The summed E-state index contributed by atoms with van der Waals surface area (Å²) in [5, 5.41) is 3.23. The van der Waals surface area contributed by atoms with Crippen LogP contribution in [0.3, 0.4) is 0 Å². The third-order valence-electron chi connectivity index (χ3n) is 2.26. The molecule has 0 aromatic carbocycles. The van der Waals surface area contributed by atoms with Crippen LogP contribution in [0.2, 0.25) is 0 Å². The Morgan fingerprint density at radius 2 is 2.12 bits per heavy atom. The highest BCUT2D eigenvalue weighted by Crippen LogP contribution is 2.21. The summed E-state index contributed by atoms with van der Waals surface area (Å²) in [6, 6.07) is 1.81. The van der Waals surface area contributed by atoms with Crippen molar-refractivity contribution in [1.29, 1.82) is 0 Å². The number of methoxy groups -OCH3 is 1. The Morgan fingerprint density at radius 1 is 1.44 bits per heavy atom. The van der Waals surface area contributed by atoms with Gasteiger partial charge in [0.2, 0.25) is 11.8 Å². The van der Waals surface area contributed by atoms with Crippen LogP contribution in [-0.2, 0) is 0 Å². The molecule has 0 fully saturated rings. The first-order valence-corrected chi connectivity index (χ1v) is 6.38. The molecular formula is C11H19N3OS. The Balaban J connectivity index is 2.70. The molecule has 0 amide bonds. The monoisotopic (exact) mass is 241 g/mol. The quantitative estimate of drug-likeness (QED) is 0.857. The predicted octanol–water partition coefficient (Wildman–Crippen LogP) is 2.35. The van der Waals surface area contributed by atoms with Gasteiger partial charge in [0, 0.05) is 23.1 Å². The van der Waals surface area contributed by atoms with Crippen LogP contribution in [0.15, 0.2) is 6.07 Å². The fourth-order valence-corrected chi connectivity index (χ4v) is 1.30. The minimum atomic E-state index is 0.167. The number of anilines is 1. The zero-order valence-electron chi connectivity index (χ0n) is 10.5. The summed E-state index contributed by atoms with van der Waals surface area (Å²) in [5.74, 6) is 1.22. The first kappa shape index (κ1) is 13.1. The molecule has 0 saturated heterocycles. The van der Waals surface area contributed by atoms with Gasteiger partial charge in [-0.2, -0.15) is 16.7 Å². The van der Waals surface area contributed by atoms with Gasteiger partial charge < -0.3 is 10.1 Å². The van der Waals surface area contributed by atoms with E-state index in [1.807, 2.05) is 24.8 Å². The van der Waals surface area contributed by atoms with E-state index in [1.54, 1.807) is 7.11 Å². The van der Waals surface area contributed by atoms with Crippen LogP contribution in [0, 0.1) is 6.92 Å². The van der Waals surface area contributed by atoms with Crippen LogP contribution in [0.1, 0.15) is 19.5 Å². The number of rotatable bonds is 5. The molecule has 0 radical (unpaired) electrons. The van der Waals surface area contributed by atoms with Crippen molar-refractivity contribution in [3.05, 3.63) is 11.8 Å². The molecule has 1 heterocycles. The third-order valence-corrected chi connectivity index (χ3v) is 3.51. The van der Waals surface area contributed by atoms with Gasteiger partial charge in [-0.05, 0) is 27.0 Å². The zero-order chi connectivity index (χ0) is 12.2. The summed E-state index contributed by atoms with van der Waals surface area (Å²) in [6.45, 7) is 7.10. The molecule has 0 aliphatic rings. The van der Waals surface area contributed by atoms with E-state index in [2.05, 4.69) is 35.4 Å². The van der Waals surface area contributed by atoms with Crippen molar-refractivity contribution in [1.82, 2.24) is 9.97 Å². The van der Waals surface area contributed by atoms with Gasteiger partial charge in [0.05, 0.1) is 7.11 Å². The number of thioether (sulfide) groups is 1. The molecule has 16 heavy (non-hydrogen) atoms. The summed E-state index contributed by atoms with van der Waals surface area (Å²) in [4.78, 5) is 8.54. The van der Waals surface area contributed by atoms with Gasteiger partial charge in [0.25, 0.3) is 0 Å².